The van der Waals surface area contributed by atoms with Crippen molar-refractivity contribution in [2.24, 2.45) is 0 Å². The van der Waals surface area contributed by atoms with Crippen LogP contribution in [0, 0.1) is 0 Å². The van der Waals surface area contributed by atoms with Gasteiger partial charge in [-0.05, 0) is 18.1 Å². The molecule has 0 spiro atoms. The number of hydrogen-bond donors (Lipinski definition) is 0. The summed E-state index contributed by atoms with van der Waals surface area (Å²) in [5, 5.41) is 0. The van der Waals surface area contributed by atoms with Gasteiger partial charge in [-0.3, -0.25) is 0 Å². The molecule has 1 unspecified atom stereocenters. The average Bonchev–Trinajstić information content (AvgIpc) is 2.15. The van der Waals surface area contributed by atoms with Crippen LogP contribution in [0.5, 0.6) is 0 Å². The number of alkyl halides is 3. The zero-order valence-corrected chi connectivity index (χ0v) is 7.81. The Kier molecular flexibility index (Phi) is 2.99. The summed E-state index contributed by atoms with van der Waals surface area (Å²) >= 11 is 0. The molecule has 0 fully saturated rings. The number of hydrogen-bond acceptors (Lipinski definition) is 0. The van der Waals surface area contributed by atoms with Crippen molar-refractivity contribution < 1.29 is 13.2 Å². The minimum Gasteiger partial charge on any atom is -0.170 e. The van der Waals surface area contributed by atoms with Crippen molar-refractivity contribution in [3.8, 4) is 0 Å². The fourth-order valence-corrected chi connectivity index (χ4v) is 1.11. The first-order chi connectivity index (χ1) is 6.45. The highest BCUT2D eigenvalue weighted by Gasteiger charge is 2.36. The monoisotopic (exact) mass is 200 g/mol. The molecule has 1 rings (SSSR count). The highest BCUT2D eigenvalue weighted by atomic mass is 19.4. The third kappa shape index (κ3) is 2.37. The van der Waals surface area contributed by atoms with E-state index in [1.165, 1.54) is 12.1 Å². The van der Waals surface area contributed by atoms with Crippen LogP contribution in [0.15, 0.2) is 30.8 Å². The Bertz CT molecular complexity index is 308. The molecule has 0 saturated carbocycles. The number of rotatable bonds is 2. The number of halogens is 3. The van der Waals surface area contributed by atoms with Crippen molar-refractivity contribution in [2.45, 2.75) is 19.0 Å². The van der Waals surface area contributed by atoms with E-state index in [4.69, 9.17) is 0 Å². The molecule has 3 heteroatoms. The third-order valence-electron chi connectivity index (χ3n) is 2.16. The molecule has 1 aromatic rings. The Morgan fingerprint density at radius 3 is 2.07 bits per heavy atom. The Morgan fingerprint density at radius 2 is 1.71 bits per heavy atom. The van der Waals surface area contributed by atoms with Crippen molar-refractivity contribution in [1.29, 1.82) is 0 Å². The molecule has 0 aliphatic rings. The molecule has 14 heavy (non-hydrogen) atoms. The summed E-state index contributed by atoms with van der Waals surface area (Å²) in [6.07, 6.45) is -2.57. The normalized spacial score (nSPS) is 13.7. The topological polar surface area (TPSA) is 0 Å². The quantitative estimate of drug-likeness (QED) is 0.677. The van der Waals surface area contributed by atoms with Crippen molar-refractivity contribution in [2.75, 3.05) is 0 Å². The Labute approximate surface area is 81.1 Å². The van der Waals surface area contributed by atoms with Crippen LogP contribution >= 0.6 is 0 Å². The molecule has 0 aliphatic heterocycles. The Hall–Kier alpha value is -1.25. The molecule has 0 aliphatic carbocycles. The van der Waals surface area contributed by atoms with Gasteiger partial charge in [0, 0.05) is 0 Å². The van der Waals surface area contributed by atoms with Gasteiger partial charge in [-0.2, -0.15) is 13.2 Å². The fourth-order valence-electron chi connectivity index (χ4n) is 1.11. The van der Waals surface area contributed by atoms with E-state index in [9.17, 15) is 13.2 Å². The van der Waals surface area contributed by atoms with E-state index >= 15 is 0 Å². The minimum absolute atomic E-state index is 0.281. The molecule has 0 amide bonds. The lowest BCUT2D eigenvalue weighted by Crippen LogP contribution is -2.17. The van der Waals surface area contributed by atoms with E-state index < -0.39 is 12.1 Å². The average molecular weight is 200 g/mol. The van der Waals surface area contributed by atoms with Crippen LogP contribution in [-0.2, 0) is 0 Å². The maximum Gasteiger partial charge on any atom is 0.395 e. The molecule has 0 radical (unpaired) electrons. The second kappa shape index (κ2) is 3.86. The van der Waals surface area contributed by atoms with Crippen LogP contribution in [0.3, 0.4) is 0 Å². The first kappa shape index (κ1) is 10.8. The smallest absolute Gasteiger partial charge is 0.170 e. The van der Waals surface area contributed by atoms with Crippen LogP contribution < -0.4 is 0 Å². The molecule has 1 atom stereocenters. The molecule has 0 N–H and O–H groups in total. The first-order valence-electron chi connectivity index (χ1n) is 4.24. The van der Waals surface area contributed by atoms with Gasteiger partial charge in [-0.25, -0.2) is 0 Å². The van der Waals surface area contributed by atoms with E-state index in [0.29, 0.717) is 0 Å². The summed E-state index contributed by atoms with van der Waals surface area (Å²) in [5.74, 6) is -1.42. The predicted octanol–water partition coefficient (Wildman–Crippen LogP) is 4.00. The van der Waals surface area contributed by atoms with Gasteiger partial charge in [-0.15, -0.1) is 0 Å². The lowest BCUT2D eigenvalue weighted by molar-refractivity contribution is -0.146. The van der Waals surface area contributed by atoms with E-state index in [2.05, 4.69) is 6.58 Å². The van der Waals surface area contributed by atoms with Gasteiger partial charge >= 0.3 is 6.18 Å². The second-order valence-electron chi connectivity index (χ2n) is 3.13. The molecule has 76 valence electrons. The van der Waals surface area contributed by atoms with E-state index in [1.54, 1.807) is 18.2 Å². The van der Waals surface area contributed by atoms with Gasteiger partial charge in [0.25, 0.3) is 0 Å². The van der Waals surface area contributed by atoms with E-state index in [0.717, 1.165) is 12.5 Å². The predicted molar refractivity (Wildman–Crippen MR) is 51.0 cm³/mol. The zero-order chi connectivity index (χ0) is 10.8. The van der Waals surface area contributed by atoms with E-state index in [1.807, 2.05) is 0 Å². The van der Waals surface area contributed by atoms with Gasteiger partial charge in [0.2, 0.25) is 0 Å². The van der Waals surface area contributed by atoms with Crippen LogP contribution in [0.4, 0.5) is 13.2 Å². The van der Waals surface area contributed by atoms with Crippen molar-refractivity contribution in [1.82, 2.24) is 0 Å². The van der Waals surface area contributed by atoms with Crippen LogP contribution in [0.2, 0.25) is 0 Å². The minimum atomic E-state index is -4.17. The molecule has 0 heterocycles. The summed E-state index contributed by atoms with van der Waals surface area (Å²) in [4.78, 5) is 0. The maximum absolute atomic E-state index is 12.3. The summed E-state index contributed by atoms with van der Waals surface area (Å²) in [7, 11) is 0. The largest absolute Gasteiger partial charge is 0.395 e. The lowest BCUT2D eigenvalue weighted by Gasteiger charge is -2.15. The highest BCUT2D eigenvalue weighted by molar-refractivity contribution is 5.47. The molecular formula is C11H11F3. The van der Waals surface area contributed by atoms with Crippen molar-refractivity contribution >= 4 is 6.08 Å². The first-order valence-corrected chi connectivity index (χ1v) is 4.24. The molecule has 0 bridgehead atoms. The standard InChI is InChI=1S/C11H11F3/c1-3-9-4-6-10(7-5-9)8(2)11(12,13)14/h3-8H,1H2,2H3. The van der Waals surface area contributed by atoms with Gasteiger partial charge in [0.1, 0.15) is 0 Å². The van der Waals surface area contributed by atoms with Crippen LogP contribution in [-0.4, -0.2) is 6.18 Å². The molecule has 1 aromatic carbocycles. The summed E-state index contributed by atoms with van der Waals surface area (Å²) in [5.41, 5.74) is 1.10. The highest BCUT2D eigenvalue weighted by Crippen LogP contribution is 2.34. The second-order valence-corrected chi connectivity index (χ2v) is 3.13. The van der Waals surface area contributed by atoms with Gasteiger partial charge in [-0.1, -0.05) is 36.9 Å². The zero-order valence-electron chi connectivity index (χ0n) is 7.81. The van der Waals surface area contributed by atoms with Crippen LogP contribution in [0.25, 0.3) is 6.08 Å². The molecule has 0 nitrogen and oxygen atoms in total. The van der Waals surface area contributed by atoms with Gasteiger partial charge in [0.05, 0.1) is 5.92 Å². The Balaban J connectivity index is 2.92. The van der Waals surface area contributed by atoms with E-state index in [-0.39, 0.29) is 5.56 Å². The van der Waals surface area contributed by atoms with Crippen molar-refractivity contribution in [3.05, 3.63) is 42.0 Å². The molecular weight excluding hydrogens is 189 g/mol. The number of benzene rings is 1. The van der Waals surface area contributed by atoms with Crippen molar-refractivity contribution in [3.63, 3.8) is 0 Å². The SMILES string of the molecule is C=Cc1ccc(C(C)C(F)(F)F)cc1. The summed E-state index contributed by atoms with van der Waals surface area (Å²) in [6.45, 7) is 4.69. The molecule has 0 saturated heterocycles. The lowest BCUT2D eigenvalue weighted by atomic mass is 9.99. The fraction of sp³-hybridized carbons (Fsp3) is 0.273. The van der Waals surface area contributed by atoms with Crippen LogP contribution in [0.1, 0.15) is 24.0 Å². The maximum atomic E-state index is 12.3. The van der Waals surface area contributed by atoms with Gasteiger partial charge in [0.15, 0.2) is 0 Å². The summed E-state index contributed by atoms with van der Waals surface area (Å²) in [6, 6.07) is 6.22. The summed E-state index contributed by atoms with van der Waals surface area (Å²) < 4.78 is 36.9. The van der Waals surface area contributed by atoms with Gasteiger partial charge < -0.3 is 0 Å². The third-order valence-corrected chi connectivity index (χ3v) is 2.16. The molecule has 0 aromatic heterocycles. The Morgan fingerprint density at radius 1 is 1.21 bits per heavy atom.